The molecule has 0 radical (unpaired) electrons. The van der Waals surface area contributed by atoms with Gasteiger partial charge in [0, 0.05) is 10.8 Å². The van der Waals surface area contributed by atoms with Crippen LogP contribution in [0.1, 0.15) is 26.3 Å². The molecule has 156 valence electrons. The predicted octanol–water partition coefficient (Wildman–Crippen LogP) is 4.55. The number of carbonyl (C=O) groups is 3. The van der Waals surface area contributed by atoms with Crippen LogP contribution in [0.3, 0.4) is 0 Å². The van der Waals surface area contributed by atoms with E-state index in [-0.39, 0.29) is 12.2 Å². The second-order valence-electron chi connectivity index (χ2n) is 6.79. The third-order valence-corrected chi connectivity index (χ3v) is 5.00. The summed E-state index contributed by atoms with van der Waals surface area (Å²) < 4.78 is 16.6. The van der Waals surface area contributed by atoms with E-state index >= 15 is 0 Å². The van der Waals surface area contributed by atoms with Gasteiger partial charge in [-0.3, -0.25) is 0 Å². The second-order valence-corrected chi connectivity index (χ2v) is 6.79. The molecule has 0 bridgehead atoms. The van der Waals surface area contributed by atoms with Crippen LogP contribution in [0.15, 0.2) is 66.7 Å². The van der Waals surface area contributed by atoms with E-state index in [2.05, 4.69) is 0 Å². The molecular formula is C24H19NO6. The highest BCUT2D eigenvalue weighted by molar-refractivity contribution is 6.20. The smallest absolute Gasteiger partial charge is 0.419 e. The van der Waals surface area contributed by atoms with Crippen LogP contribution in [-0.4, -0.2) is 36.8 Å². The lowest BCUT2D eigenvalue weighted by molar-refractivity contribution is 0.0593. The molecular weight excluding hydrogens is 398 g/mol. The highest BCUT2D eigenvalue weighted by atomic mass is 16.5. The maximum absolute atomic E-state index is 13.1. The van der Waals surface area contributed by atoms with Crippen molar-refractivity contribution in [2.75, 3.05) is 14.2 Å². The minimum Gasteiger partial charge on any atom is -0.465 e. The molecule has 1 heterocycles. The van der Waals surface area contributed by atoms with Crippen molar-refractivity contribution in [2.45, 2.75) is 6.61 Å². The molecule has 0 unspecified atom stereocenters. The first kappa shape index (κ1) is 20.2. The summed E-state index contributed by atoms with van der Waals surface area (Å²) in [5, 5.41) is 1.03. The van der Waals surface area contributed by atoms with Gasteiger partial charge < -0.3 is 14.2 Å². The average molecular weight is 417 g/mol. The number of hydrogen-bond donors (Lipinski definition) is 0. The van der Waals surface area contributed by atoms with E-state index in [0.717, 1.165) is 5.56 Å². The van der Waals surface area contributed by atoms with Gasteiger partial charge in [0.05, 0.1) is 36.4 Å². The number of rotatable bonds is 4. The quantitative estimate of drug-likeness (QED) is 0.358. The van der Waals surface area contributed by atoms with Gasteiger partial charge in [0.2, 0.25) is 0 Å². The molecule has 1 aromatic heterocycles. The Morgan fingerprint density at radius 3 is 2.26 bits per heavy atom. The molecule has 3 aromatic carbocycles. The first-order valence-electron chi connectivity index (χ1n) is 9.50. The van der Waals surface area contributed by atoms with Crippen LogP contribution < -0.4 is 0 Å². The van der Waals surface area contributed by atoms with E-state index in [4.69, 9.17) is 14.2 Å². The van der Waals surface area contributed by atoms with Crippen molar-refractivity contribution in [1.82, 2.24) is 4.57 Å². The molecule has 7 heteroatoms. The van der Waals surface area contributed by atoms with Gasteiger partial charge in [-0.05, 0) is 35.9 Å². The number of hydrogen-bond acceptors (Lipinski definition) is 6. The van der Waals surface area contributed by atoms with Crippen LogP contribution in [0.5, 0.6) is 0 Å². The number of benzene rings is 3. The third kappa shape index (κ3) is 3.61. The summed E-state index contributed by atoms with van der Waals surface area (Å²) in [6.45, 7) is 0.0950. The molecule has 0 saturated carbocycles. The summed E-state index contributed by atoms with van der Waals surface area (Å²) in [6, 6.07) is 19.1. The van der Waals surface area contributed by atoms with Crippen LogP contribution >= 0.6 is 0 Å². The van der Waals surface area contributed by atoms with Gasteiger partial charge in [-0.15, -0.1) is 0 Å². The largest absolute Gasteiger partial charge is 0.465 e. The fourth-order valence-corrected chi connectivity index (χ4v) is 3.58. The topological polar surface area (TPSA) is 83.8 Å². The molecule has 7 nitrogen and oxygen atoms in total. The Kier molecular flexibility index (Phi) is 5.41. The highest BCUT2D eigenvalue weighted by Gasteiger charge is 2.23. The normalized spacial score (nSPS) is 10.8. The number of aromatic nitrogens is 1. The molecule has 0 aliphatic rings. The van der Waals surface area contributed by atoms with Gasteiger partial charge in [0.15, 0.2) is 0 Å². The lowest BCUT2D eigenvalue weighted by atomic mass is 10.0. The van der Waals surface area contributed by atoms with Gasteiger partial charge in [0.25, 0.3) is 0 Å². The van der Waals surface area contributed by atoms with Gasteiger partial charge in [-0.25, -0.2) is 19.0 Å². The SMILES string of the molecule is COC(=O)c1ccc2c(c1)c1c(C(=O)OC)cccc1n2C(=O)OCc1ccccc1. The fraction of sp³-hybridized carbons (Fsp3) is 0.125. The first-order chi connectivity index (χ1) is 15.0. The summed E-state index contributed by atoms with van der Waals surface area (Å²) in [6.07, 6.45) is -0.600. The van der Waals surface area contributed by atoms with Gasteiger partial charge in [-0.2, -0.15) is 0 Å². The van der Waals surface area contributed by atoms with Crippen LogP contribution in [-0.2, 0) is 20.8 Å². The number of fused-ring (bicyclic) bond motifs is 3. The van der Waals surface area contributed by atoms with Crippen molar-refractivity contribution in [2.24, 2.45) is 0 Å². The Bertz CT molecular complexity index is 1310. The summed E-state index contributed by atoms with van der Waals surface area (Å²) in [4.78, 5) is 37.5. The standard InChI is InChI=1S/C24H19NO6/c1-29-22(26)16-11-12-19-18(13-16)21-17(23(27)30-2)9-6-10-20(21)25(19)24(28)31-14-15-7-4-3-5-8-15/h3-13H,14H2,1-2H3. The Hall–Kier alpha value is -4.13. The summed E-state index contributed by atoms with van der Waals surface area (Å²) in [5.74, 6) is -1.07. The number of nitrogens with zero attached hydrogens (tertiary/aromatic N) is 1. The van der Waals surface area contributed by atoms with E-state index in [1.165, 1.54) is 18.8 Å². The summed E-state index contributed by atoms with van der Waals surface area (Å²) in [5.41, 5.74) is 2.39. The zero-order chi connectivity index (χ0) is 22.0. The van der Waals surface area contributed by atoms with Crippen LogP contribution in [0.25, 0.3) is 21.8 Å². The maximum Gasteiger partial charge on any atom is 0.419 e. The van der Waals surface area contributed by atoms with Crippen molar-refractivity contribution >= 4 is 39.8 Å². The molecule has 0 amide bonds. The molecule has 0 N–H and O–H groups in total. The van der Waals surface area contributed by atoms with Crippen LogP contribution in [0, 0.1) is 0 Å². The van der Waals surface area contributed by atoms with E-state index in [1.54, 1.807) is 36.4 Å². The van der Waals surface area contributed by atoms with Gasteiger partial charge in [-0.1, -0.05) is 36.4 Å². The van der Waals surface area contributed by atoms with E-state index in [0.29, 0.717) is 27.4 Å². The molecule has 0 saturated heterocycles. The zero-order valence-electron chi connectivity index (χ0n) is 17.0. The maximum atomic E-state index is 13.1. The van der Waals surface area contributed by atoms with Crippen molar-refractivity contribution in [3.05, 3.63) is 83.4 Å². The zero-order valence-corrected chi connectivity index (χ0v) is 17.0. The van der Waals surface area contributed by atoms with E-state index < -0.39 is 18.0 Å². The Morgan fingerprint density at radius 2 is 1.55 bits per heavy atom. The number of ether oxygens (including phenoxy) is 3. The molecule has 0 fully saturated rings. The van der Waals surface area contributed by atoms with Crippen LogP contribution in [0.2, 0.25) is 0 Å². The highest BCUT2D eigenvalue weighted by Crippen LogP contribution is 2.33. The fourth-order valence-electron chi connectivity index (χ4n) is 3.58. The number of carbonyl (C=O) groups excluding carboxylic acids is 3. The molecule has 0 aliphatic heterocycles. The number of methoxy groups -OCH3 is 2. The lowest BCUT2D eigenvalue weighted by Gasteiger charge is -2.08. The first-order valence-corrected chi connectivity index (χ1v) is 9.50. The predicted molar refractivity (Wildman–Crippen MR) is 114 cm³/mol. The molecule has 4 aromatic rings. The minimum absolute atomic E-state index is 0.0950. The third-order valence-electron chi connectivity index (χ3n) is 5.00. The Balaban J connectivity index is 1.90. The van der Waals surface area contributed by atoms with Gasteiger partial charge >= 0.3 is 18.0 Å². The van der Waals surface area contributed by atoms with Gasteiger partial charge in [0.1, 0.15) is 6.61 Å². The average Bonchev–Trinajstić information content (AvgIpc) is 3.16. The molecule has 0 aliphatic carbocycles. The van der Waals surface area contributed by atoms with Crippen molar-refractivity contribution < 1.29 is 28.6 Å². The van der Waals surface area contributed by atoms with E-state index in [1.807, 2.05) is 30.3 Å². The molecule has 4 rings (SSSR count). The second kappa shape index (κ2) is 8.31. The monoisotopic (exact) mass is 417 g/mol. The van der Waals surface area contributed by atoms with Crippen molar-refractivity contribution in [3.63, 3.8) is 0 Å². The van der Waals surface area contributed by atoms with Crippen molar-refractivity contribution in [3.8, 4) is 0 Å². The molecule has 0 spiro atoms. The van der Waals surface area contributed by atoms with Crippen molar-refractivity contribution in [1.29, 1.82) is 0 Å². The molecule has 0 atom stereocenters. The Labute approximate surface area is 177 Å². The number of esters is 2. The lowest BCUT2D eigenvalue weighted by Crippen LogP contribution is -2.13. The molecule has 31 heavy (non-hydrogen) atoms. The Morgan fingerprint density at radius 1 is 0.806 bits per heavy atom. The van der Waals surface area contributed by atoms with Crippen LogP contribution in [0.4, 0.5) is 4.79 Å². The van der Waals surface area contributed by atoms with E-state index in [9.17, 15) is 14.4 Å². The summed E-state index contributed by atoms with van der Waals surface area (Å²) >= 11 is 0. The summed E-state index contributed by atoms with van der Waals surface area (Å²) in [7, 11) is 2.57. The minimum atomic E-state index is -0.600.